The number of carbonyl (C=O) groups is 2. The zero-order valence-corrected chi connectivity index (χ0v) is 41.0. The van der Waals surface area contributed by atoms with Crippen molar-refractivity contribution in [3.05, 3.63) is 114 Å². The van der Waals surface area contributed by atoms with Crippen LogP contribution in [-0.4, -0.2) is 96.1 Å². The van der Waals surface area contributed by atoms with Gasteiger partial charge in [0.1, 0.15) is 36.2 Å². The van der Waals surface area contributed by atoms with Crippen LogP contribution in [0.15, 0.2) is 102 Å². The van der Waals surface area contributed by atoms with Crippen molar-refractivity contribution in [3.63, 3.8) is 0 Å². The largest absolute Gasteiger partial charge is 0.459 e. The molecule has 6 rings (SSSR count). The van der Waals surface area contributed by atoms with E-state index in [9.17, 15) is 20.1 Å². The molecular weight excluding hydrogens is 873 g/mol. The van der Waals surface area contributed by atoms with Crippen LogP contribution >= 0.6 is 0 Å². The minimum atomic E-state index is -1.42. The van der Waals surface area contributed by atoms with E-state index in [0.29, 0.717) is 47.8 Å². The molecule has 0 aromatic heterocycles. The SMILES string of the molecule is C=CCOC12Oc3ccc(Oc4cccc(C=O)c4)cc3C3C(CCCCO)C(CCCCO)C=C(C(=NOCc4ccccc4)CC1N(CCOCCO)C(=O)CCCCCCCCCCC)C32. The van der Waals surface area contributed by atoms with Crippen molar-refractivity contribution < 1.29 is 48.7 Å². The molecule has 3 aliphatic rings. The number of amides is 1. The van der Waals surface area contributed by atoms with E-state index in [4.69, 9.17) is 28.9 Å². The van der Waals surface area contributed by atoms with Crippen molar-refractivity contribution in [2.45, 2.75) is 140 Å². The van der Waals surface area contributed by atoms with Crippen molar-refractivity contribution >= 4 is 17.9 Å². The highest BCUT2D eigenvalue weighted by atomic mass is 16.7. The summed E-state index contributed by atoms with van der Waals surface area (Å²) in [5, 5.41) is 34.7. The number of aliphatic hydroxyl groups is 3. The van der Waals surface area contributed by atoms with E-state index in [-0.39, 0.29) is 82.9 Å². The number of unbranched alkanes of at least 4 members (excludes halogenated alkanes) is 10. The Balaban J connectivity index is 1.49. The molecule has 69 heavy (non-hydrogen) atoms. The molecule has 6 atom stereocenters. The first kappa shape index (κ1) is 53.5. The summed E-state index contributed by atoms with van der Waals surface area (Å²) in [4.78, 5) is 34.9. The fourth-order valence-electron chi connectivity index (χ4n) is 10.8. The maximum absolute atomic E-state index is 15.0. The van der Waals surface area contributed by atoms with Gasteiger partial charge in [0.2, 0.25) is 11.7 Å². The molecular formula is C57H78N2O10. The van der Waals surface area contributed by atoms with Crippen LogP contribution in [0.3, 0.4) is 0 Å². The highest BCUT2D eigenvalue weighted by Gasteiger charge is 2.65. The molecule has 2 aliphatic carbocycles. The molecule has 12 heteroatoms. The second kappa shape index (κ2) is 28.7. The molecule has 0 bridgehead atoms. The molecule has 1 heterocycles. The number of hydrogen-bond donors (Lipinski definition) is 3. The number of oxime groups is 1. The number of carbonyl (C=O) groups excluding carboxylic acids is 2. The molecule has 1 saturated carbocycles. The van der Waals surface area contributed by atoms with Crippen LogP contribution < -0.4 is 9.47 Å². The summed E-state index contributed by atoms with van der Waals surface area (Å²) in [6.45, 7) is 7.31. The highest BCUT2D eigenvalue weighted by molar-refractivity contribution is 6.03. The van der Waals surface area contributed by atoms with Crippen molar-refractivity contribution in [3.8, 4) is 17.2 Å². The van der Waals surface area contributed by atoms with Crippen LogP contribution in [0.4, 0.5) is 0 Å². The van der Waals surface area contributed by atoms with Gasteiger partial charge in [-0.1, -0.05) is 131 Å². The Morgan fingerprint density at radius 1 is 0.841 bits per heavy atom. The normalized spacial score (nSPS) is 21.9. The molecule has 0 radical (unpaired) electrons. The van der Waals surface area contributed by atoms with Crippen molar-refractivity contribution in [1.82, 2.24) is 4.90 Å². The lowest BCUT2D eigenvalue weighted by Crippen LogP contribution is -2.70. The third kappa shape index (κ3) is 14.6. The number of aldehydes is 1. The molecule has 0 spiro atoms. The number of fused-ring (bicyclic) bond motifs is 2. The summed E-state index contributed by atoms with van der Waals surface area (Å²) in [7, 11) is 0. The van der Waals surface area contributed by atoms with Crippen LogP contribution in [0.25, 0.3) is 0 Å². The number of rotatable bonds is 33. The van der Waals surface area contributed by atoms with E-state index in [2.05, 4.69) is 19.6 Å². The van der Waals surface area contributed by atoms with E-state index >= 15 is 4.79 Å². The van der Waals surface area contributed by atoms with Crippen LogP contribution in [0.1, 0.15) is 143 Å². The molecule has 1 aliphatic heterocycles. The third-order valence-corrected chi connectivity index (χ3v) is 14.0. The first-order chi connectivity index (χ1) is 33.9. The summed E-state index contributed by atoms with van der Waals surface area (Å²) < 4.78 is 27.0. The van der Waals surface area contributed by atoms with E-state index in [1.54, 1.807) is 24.3 Å². The lowest BCUT2D eigenvalue weighted by Gasteiger charge is -2.60. The molecule has 1 amide bonds. The summed E-state index contributed by atoms with van der Waals surface area (Å²) >= 11 is 0. The summed E-state index contributed by atoms with van der Waals surface area (Å²) in [6, 6.07) is 22.1. The maximum atomic E-state index is 15.0. The molecule has 376 valence electrons. The second-order valence-corrected chi connectivity index (χ2v) is 18.8. The molecule has 0 saturated heterocycles. The third-order valence-electron chi connectivity index (χ3n) is 14.0. The predicted octanol–water partition coefficient (Wildman–Crippen LogP) is 10.9. The van der Waals surface area contributed by atoms with E-state index in [0.717, 1.165) is 74.4 Å². The van der Waals surface area contributed by atoms with Gasteiger partial charge in [-0.3, -0.25) is 9.59 Å². The van der Waals surface area contributed by atoms with Gasteiger partial charge in [0.25, 0.3) is 0 Å². The van der Waals surface area contributed by atoms with Gasteiger partial charge in [0.05, 0.1) is 38.1 Å². The van der Waals surface area contributed by atoms with Crippen molar-refractivity contribution in [2.24, 2.45) is 22.9 Å². The topological polar surface area (TPSA) is 157 Å². The number of nitrogens with zero attached hydrogens (tertiary/aromatic N) is 2. The summed E-state index contributed by atoms with van der Waals surface area (Å²) in [5.41, 5.74) is 4.06. The molecule has 12 nitrogen and oxygen atoms in total. The molecule has 3 aromatic rings. The Bertz CT molecular complexity index is 2090. The van der Waals surface area contributed by atoms with Crippen LogP contribution in [0.2, 0.25) is 0 Å². The lowest BCUT2D eigenvalue weighted by atomic mass is 9.55. The van der Waals surface area contributed by atoms with E-state index in [1.807, 2.05) is 59.5 Å². The van der Waals surface area contributed by atoms with Gasteiger partial charge in [0.15, 0.2) is 0 Å². The van der Waals surface area contributed by atoms with Crippen LogP contribution in [-0.2, 0) is 25.7 Å². The number of ether oxygens (including phenoxy) is 4. The highest BCUT2D eigenvalue weighted by Crippen LogP contribution is 2.62. The van der Waals surface area contributed by atoms with Gasteiger partial charge in [0, 0.05) is 49.6 Å². The molecule has 3 N–H and O–H groups in total. The number of allylic oxidation sites excluding steroid dienone is 1. The molecule has 1 fully saturated rings. The smallest absolute Gasteiger partial charge is 0.239 e. The Hall–Kier alpha value is -4.85. The first-order valence-electron chi connectivity index (χ1n) is 25.9. The van der Waals surface area contributed by atoms with Gasteiger partial charge < -0.3 is 44.0 Å². The van der Waals surface area contributed by atoms with Crippen molar-refractivity contribution in [2.75, 3.05) is 46.2 Å². The maximum Gasteiger partial charge on any atom is 0.239 e. The minimum absolute atomic E-state index is 0.0243. The van der Waals surface area contributed by atoms with Crippen LogP contribution in [0.5, 0.6) is 17.2 Å². The zero-order valence-electron chi connectivity index (χ0n) is 41.0. The van der Waals surface area contributed by atoms with Gasteiger partial charge >= 0.3 is 0 Å². The molecule has 3 aromatic carbocycles. The van der Waals surface area contributed by atoms with Gasteiger partial charge in [-0.15, -0.1) is 6.58 Å². The van der Waals surface area contributed by atoms with Crippen LogP contribution in [0, 0.1) is 17.8 Å². The second-order valence-electron chi connectivity index (χ2n) is 18.8. The van der Waals surface area contributed by atoms with E-state index < -0.39 is 17.7 Å². The Kier molecular flexibility index (Phi) is 22.3. The first-order valence-corrected chi connectivity index (χ1v) is 25.9. The fraction of sp³-hybridized carbons (Fsp3) is 0.561. The average Bonchev–Trinajstić information content (AvgIpc) is 3.37. The Labute approximate surface area is 410 Å². The number of hydrogen-bond acceptors (Lipinski definition) is 11. The standard InChI is InChI=1S/C57H78N2O10/c1-3-5-6-7-8-9-10-11-15-27-54(64)59(30-35-65-36-33-62)53-40-51(58-67-42-43-21-13-12-14-22-43)49-38-45(24-16-18-31-60)48(26-17-19-32-61)55-50-39-47(68-46-25-20-23-44(37-46)41-63)28-29-52(50)69-57(53,56(49)55)66-34-4-2/h4,12-14,20-23,25,28-29,37-39,41,45,48,53,55-56,60-62H,2-3,5-11,15-19,24,26-27,30-36,40,42H2,1H3. The zero-order chi connectivity index (χ0) is 48.7. The average molecular weight is 951 g/mol. The Morgan fingerprint density at radius 2 is 1.58 bits per heavy atom. The summed E-state index contributed by atoms with van der Waals surface area (Å²) in [6.07, 6.45) is 20.1. The Morgan fingerprint density at radius 3 is 2.30 bits per heavy atom. The summed E-state index contributed by atoms with van der Waals surface area (Å²) in [5.74, 6) is -0.399. The quantitative estimate of drug-likeness (QED) is 0.0232. The van der Waals surface area contributed by atoms with Gasteiger partial charge in [-0.25, -0.2) is 0 Å². The fourth-order valence-corrected chi connectivity index (χ4v) is 10.8. The predicted molar refractivity (Wildman–Crippen MR) is 270 cm³/mol. The van der Waals surface area contributed by atoms with Gasteiger partial charge in [-0.05, 0) is 85.4 Å². The lowest BCUT2D eigenvalue weighted by molar-refractivity contribution is -0.258. The number of benzene rings is 3. The van der Waals surface area contributed by atoms with E-state index in [1.165, 1.54) is 32.1 Å². The van der Waals surface area contributed by atoms with Gasteiger partial charge in [-0.2, -0.15) is 0 Å². The molecule has 6 unspecified atom stereocenters. The van der Waals surface area contributed by atoms with Crippen molar-refractivity contribution in [1.29, 1.82) is 0 Å². The monoisotopic (exact) mass is 951 g/mol. The minimum Gasteiger partial charge on any atom is -0.459 e. The number of aliphatic hydroxyl groups excluding tert-OH is 3.